The Bertz CT molecular complexity index is 260. The Morgan fingerprint density at radius 1 is 1.16 bits per heavy atom. The van der Waals surface area contributed by atoms with E-state index in [9.17, 15) is 0 Å². The minimum atomic E-state index is 0.761. The topological polar surface area (TPSA) is 15.3 Å². The normalized spacial score (nSPS) is 32.2. The van der Waals surface area contributed by atoms with Crippen LogP contribution in [0.5, 0.6) is 0 Å². The van der Waals surface area contributed by atoms with E-state index in [1.54, 1.807) is 0 Å². The molecule has 2 fully saturated rings. The molecule has 0 aromatic carbocycles. The lowest BCUT2D eigenvalue weighted by Gasteiger charge is -2.38. The van der Waals surface area contributed by atoms with Gasteiger partial charge in [0.25, 0.3) is 0 Å². The first-order chi connectivity index (χ1) is 9.10. The maximum Gasteiger partial charge on any atom is 0.0105 e. The molecule has 2 rings (SSSR count). The number of nitrogens with one attached hydrogen (secondary N) is 1. The van der Waals surface area contributed by atoms with E-state index in [-0.39, 0.29) is 0 Å². The van der Waals surface area contributed by atoms with E-state index in [0.717, 1.165) is 29.8 Å². The smallest absolute Gasteiger partial charge is 0.0105 e. The summed E-state index contributed by atoms with van der Waals surface area (Å²) in [5.41, 5.74) is 0. The van der Waals surface area contributed by atoms with Gasteiger partial charge >= 0.3 is 0 Å². The summed E-state index contributed by atoms with van der Waals surface area (Å²) in [7, 11) is 2.16. The standard InChI is InChI=1S/C17H34N2/c1-13(2)9-10-19(16-6-7-16)12-15-11-14(3)5-8-17(15)18-4/h13-18H,5-12H2,1-4H3. The summed E-state index contributed by atoms with van der Waals surface area (Å²) in [6.45, 7) is 9.81. The minimum absolute atomic E-state index is 0.761. The van der Waals surface area contributed by atoms with E-state index in [4.69, 9.17) is 0 Å². The van der Waals surface area contributed by atoms with Gasteiger partial charge in [-0.3, -0.25) is 0 Å². The van der Waals surface area contributed by atoms with Crippen molar-refractivity contribution in [2.45, 2.75) is 71.4 Å². The summed E-state index contributed by atoms with van der Waals surface area (Å²) in [6.07, 6.45) is 8.48. The van der Waals surface area contributed by atoms with E-state index in [0.29, 0.717) is 0 Å². The van der Waals surface area contributed by atoms with Gasteiger partial charge in [0, 0.05) is 18.6 Å². The SMILES string of the molecule is CNC1CCC(C)CC1CN(CCC(C)C)C1CC1. The van der Waals surface area contributed by atoms with Crippen LogP contribution in [-0.4, -0.2) is 37.1 Å². The Hall–Kier alpha value is -0.0800. The zero-order valence-corrected chi connectivity index (χ0v) is 13.5. The van der Waals surface area contributed by atoms with Gasteiger partial charge in [-0.1, -0.05) is 20.8 Å². The molecule has 0 spiro atoms. The van der Waals surface area contributed by atoms with E-state index in [1.165, 1.54) is 51.6 Å². The van der Waals surface area contributed by atoms with Gasteiger partial charge in [-0.15, -0.1) is 0 Å². The molecule has 3 atom stereocenters. The van der Waals surface area contributed by atoms with Gasteiger partial charge in [0.05, 0.1) is 0 Å². The Kier molecular flexibility index (Phi) is 5.70. The van der Waals surface area contributed by atoms with Crippen LogP contribution >= 0.6 is 0 Å². The number of rotatable bonds is 7. The Labute approximate surface area is 120 Å². The van der Waals surface area contributed by atoms with Crippen LogP contribution in [0.2, 0.25) is 0 Å². The zero-order chi connectivity index (χ0) is 13.8. The van der Waals surface area contributed by atoms with E-state index < -0.39 is 0 Å². The highest BCUT2D eigenvalue weighted by atomic mass is 15.2. The monoisotopic (exact) mass is 266 g/mol. The van der Waals surface area contributed by atoms with Crippen LogP contribution in [0, 0.1) is 17.8 Å². The van der Waals surface area contributed by atoms with Crippen molar-refractivity contribution in [3.63, 3.8) is 0 Å². The highest BCUT2D eigenvalue weighted by molar-refractivity contribution is 4.90. The van der Waals surface area contributed by atoms with Crippen LogP contribution in [0.1, 0.15) is 59.3 Å². The first-order valence-corrected chi connectivity index (χ1v) is 8.51. The Morgan fingerprint density at radius 2 is 1.89 bits per heavy atom. The molecule has 2 aliphatic rings. The predicted octanol–water partition coefficient (Wildman–Crippen LogP) is 3.52. The second-order valence-corrected chi connectivity index (χ2v) is 7.48. The van der Waals surface area contributed by atoms with Crippen LogP contribution in [0.25, 0.3) is 0 Å². The molecular formula is C17H34N2. The molecule has 19 heavy (non-hydrogen) atoms. The van der Waals surface area contributed by atoms with Gasteiger partial charge in [-0.25, -0.2) is 0 Å². The third-order valence-corrected chi connectivity index (χ3v) is 5.14. The van der Waals surface area contributed by atoms with Crippen LogP contribution in [0.3, 0.4) is 0 Å². The van der Waals surface area contributed by atoms with Crippen LogP contribution in [0.4, 0.5) is 0 Å². The van der Waals surface area contributed by atoms with Gasteiger partial charge in [0.1, 0.15) is 0 Å². The van der Waals surface area contributed by atoms with Crippen molar-refractivity contribution in [1.82, 2.24) is 10.2 Å². The molecule has 0 saturated heterocycles. The van der Waals surface area contributed by atoms with Crippen LogP contribution in [0.15, 0.2) is 0 Å². The summed E-state index contributed by atoms with van der Waals surface area (Å²) in [5.74, 6) is 2.65. The Balaban J connectivity index is 1.87. The molecule has 112 valence electrons. The zero-order valence-electron chi connectivity index (χ0n) is 13.5. The maximum atomic E-state index is 3.58. The molecule has 0 aliphatic heterocycles. The van der Waals surface area contributed by atoms with E-state index >= 15 is 0 Å². The lowest BCUT2D eigenvalue weighted by atomic mass is 9.78. The summed E-state index contributed by atoms with van der Waals surface area (Å²) >= 11 is 0. The number of hydrogen-bond donors (Lipinski definition) is 1. The average Bonchev–Trinajstić information content (AvgIpc) is 3.18. The molecule has 1 N–H and O–H groups in total. The number of nitrogens with zero attached hydrogens (tertiary/aromatic N) is 1. The van der Waals surface area contributed by atoms with Crippen molar-refractivity contribution in [3.05, 3.63) is 0 Å². The summed E-state index contributed by atoms with van der Waals surface area (Å²) in [6, 6.07) is 1.69. The Morgan fingerprint density at radius 3 is 2.47 bits per heavy atom. The van der Waals surface area contributed by atoms with Gasteiger partial charge in [0.2, 0.25) is 0 Å². The second kappa shape index (κ2) is 7.08. The third kappa shape index (κ3) is 4.75. The molecule has 0 heterocycles. The lowest BCUT2D eigenvalue weighted by Crippen LogP contribution is -2.45. The summed E-state index contributed by atoms with van der Waals surface area (Å²) in [4.78, 5) is 2.81. The molecule has 2 saturated carbocycles. The van der Waals surface area contributed by atoms with E-state index in [1.807, 2.05) is 0 Å². The second-order valence-electron chi connectivity index (χ2n) is 7.48. The van der Waals surface area contributed by atoms with Crippen molar-refractivity contribution in [3.8, 4) is 0 Å². The third-order valence-electron chi connectivity index (χ3n) is 5.14. The fourth-order valence-corrected chi connectivity index (χ4v) is 3.67. The molecule has 2 heteroatoms. The van der Waals surface area contributed by atoms with Crippen molar-refractivity contribution in [2.75, 3.05) is 20.1 Å². The number of hydrogen-bond acceptors (Lipinski definition) is 2. The first-order valence-electron chi connectivity index (χ1n) is 8.51. The highest BCUT2D eigenvalue weighted by Gasteiger charge is 2.34. The molecule has 2 nitrogen and oxygen atoms in total. The van der Waals surface area contributed by atoms with Gasteiger partial charge < -0.3 is 10.2 Å². The van der Waals surface area contributed by atoms with Gasteiger partial charge in [-0.2, -0.15) is 0 Å². The molecule has 0 aromatic rings. The van der Waals surface area contributed by atoms with Crippen molar-refractivity contribution in [2.24, 2.45) is 17.8 Å². The fourth-order valence-electron chi connectivity index (χ4n) is 3.67. The molecule has 0 bridgehead atoms. The molecule has 0 aromatic heterocycles. The molecule has 2 aliphatic carbocycles. The van der Waals surface area contributed by atoms with Crippen LogP contribution in [-0.2, 0) is 0 Å². The summed E-state index contributed by atoms with van der Waals surface area (Å²) in [5, 5.41) is 3.58. The molecule has 0 radical (unpaired) electrons. The quantitative estimate of drug-likeness (QED) is 0.758. The lowest BCUT2D eigenvalue weighted by molar-refractivity contribution is 0.139. The van der Waals surface area contributed by atoms with E-state index in [2.05, 4.69) is 38.0 Å². The van der Waals surface area contributed by atoms with Crippen molar-refractivity contribution >= 4 is 0 Å². The van der Waals surface area contributed by atoms with Crippen molar-refractivity contribution < 1.29 is 0 Å². The predicted molar refractivity (Wildman–Crippen MR) is 83.4 cm³/mol. The fraction of sp³-hybridized carbons (Fsp3) is 1.00. The first kappa shape index (κ1) is 15.3. The largest absolute Gasteiger partial charge is 0.317 e. The minimum Gasteiger partial charge on any atom is -0.317 e. The summed E-state index contributed by atoms with van der Waals surface area (Å²) < 4.78 is 0. The maximum absolute atomic E-state index is 3.58. The molecule has 0 amide bonds. The van der Waals surface area contributed by atoms with Crippen LogP contribution < -0.4 is 5.32 Å². The average molecular weight is 266 g/mol. The van der Waals surface area contributed by atoms with Gasteiger partial charge in [0.15, 0.2) is 0 Å². The highest BCUT2D eigenvalue weighted by Crippen LogP contribution is 2.33. The molecular weight excluding hydrogens is 232 g/mol. The van der Waals surface area contributed by atoms with Crippen molar-refractivity contribution in [1.29, 1.82) is 0 Å². The van der Waals surface area contributed by atoms with Gasteiger partial charge in [-0.05, 0) is 69.9 Å². The molecule has 3 unspecified atom stereocenters.